The maximum absolute atomic E-state index is 12.9. The summed E-state index contributed by atoms with van der Waals surface area (Å²) in [6, 6.07) is 18.0. The lowest BCUT2D eigenvalue weighted by molar-refractivity contribution is -0.129. The fourth-order valence-corrected chi connectivity index (χ4v) is 3.24. The number of fused-ring (bicyclic) bond motifs is 1. The van der Waals surface area contributed by atoms with Crippen LogP contribution in [0.4, 0.5) is 0 Å². The number of rotatable bonds is 6. The molecule has 1 unspecified atom stereocenters. The summed E-state index contributed by atoms with van der Waals surface area (Å²) in [5.74, 6) is 1.06. The Balaban J connectivity index is 1.53. The highest BCUT2D eigenvalue weighted by Gasteiger charge is 2.33. The Bertz CT molecular complexity index is 892. The Labute approximate surface area is 153 Å². The maximum atomic E-state index is 12.9. The van der Waals surface area contributed by atoms with Gasteiger partial charge in [0.05, 0.1) is 0 Å². The Morgan fingerprint density at radius 2 is 1.92 bits per heavy atom. The topological polar surface area (TPSA) is 46.3 Å². The van der Waals surface area contributed by atoms with Crippen molar-refractivity contribution in [2.75, 3.05) is 0 Å². The van der Waals surface area contributed by atoms with Gasteiger partial charge in [-0.05, 0) is 43.4 Å². The van der Waals surface area contributed by atoms with Gasteiger partial charge >= 0.3 is 0 Å². The van der Waals surface area contributed by atoms with Crippen LogP contribution in [-0.2, 0) is 11.3 Å². The van der Waals surface area contributed by atoms with Crippen molar-refractivity contribution in [3.8, 4) is 0 Å². The predicted molar refractivity (Wildman–Crippen MR) is 102 cm³/mol. The van der Waals surface area contributed by atoms with Gasteiger partial charge in [0.1, 0.15) is 5.52 Å². The van der Waals surface area contributed by atoms with E-state index in [2.05, 4.69) is 24.0 Å². The number of hydrogen-bond acceptors (Lipinski definition) is 3. The summed E-state index contributed by atoms with van der Waals surface area (Å²) in [6.45, 7) is 2.76. The van der Waals surface area contributed by atoms with Crippen molar-refractivity contribution in [2.45, 2.75) is 32.4 Å². The van der Waals surface area contributed by atoms with Crippen LogP contribution in [0.1, 0.15) is 31.2 Å². The van der Waals surface area contributed by atoms with E-state index in [0.717, 1.165) is 16.7 Å². The van der Waals surface area contributed by atoms with Crippen molar-refractivity contribution >= 4 is 23.1 Å². The third kappa shape index (κ3) is 3.69. The number of nitrogens with zero attached hydrogens (tertiary/aromatic N) is 2. The third-order valence-corrected chi connectivity index (χ3v) is 4.95. The van der Waals surface area contributed by atoms with Gasteiger partial charge in [-0.15, -0.1) is 0 Å². The van der Waals surface area contributed by atoms with E-state index in [1.165, 1.54) is 12.8 Å². The number of carbonyl (C=O) groups is 1. The van der Waals surface area contributed by atoms with Crippen LogP contribution in [0.2, 0.25) is 0 Å². The molecule has 2 aromatic carbocycles. The minimum absolute atomic E-state index is 0.00416. The van der Waals surface area contributed by atoms with E-state index < -0.39 is 0 Å². The zero-order valence-electron chi connectivity index (χ0n) is 14.8. The molecule has 4 nitrogen and oxygen atoms in total. The van der Waals surface area contributed by atoms with Crippen molar-refractivity contribution in [2.24, 2.45) is 5.92 Å². The summed E-state index contributed by atoms with van der Waals surface area (Å²) in [4.78, 5) is 19.2. The van der Waals surface area contributed by atoms with Crippen LogP contribution in [0.5, 0.6) is 0 Å². The molecule has 1 atom stereocenters. The van der Waals surface area contributed by atoms with Crippen molar-refractivity contribution in [1.29, 1.82) is 0 Å². The van der Waals surface area contributed by atoms with Gasteiger partial charge in [0.15, 0.2) is 5.58 Å². The number of aromatic nitrogens is 1. The van der Waals surface area contributed by atoms with E-state index in [-0.39, 0.29) is 11.9 Å². The number of amides is 1. The first-order valence-electron chi connectivity index (χ1n) is 9.09. The van der Waals surface area contributed by atoms with Crippen LogP contribution < -0.4 is 0 Å². The van der Waals surface area contributed by atoms with Crippen molar-refractivity contribution in [3.05, 3.63) is 72.1 Å². The van der Waals surface area contributed by atoms with Crippen LogP contribution in [-0.4, -0.2) is 21.8 Å². The molecule has 3 aromatic rings. The summed E-state index contributed by atoms with van der Waals surface area (Å²) < 4.78 is 5.67. The normalized spacial score (nSPS) is 15.4. The third-order valence-electron chi connectivity index (χ3n) is 4.95. The van der Waals surface area contributed by atoms with Gasteiger partial charge in [-0.3, -0.25) is 4.79 Å². The highest BCUT2D eigenvalue weighted by molar-refractivity contribution is 5.91. The van der Waals surface area contributed by atoms with Gasteiger partial charge in [0.2, 0.25) is 11.8 Å². The average Bonchev–Trinajstić information content (AvgIpc) is 3.44. The lowest BCUT2D eigenvalue weighted by Crippen LogP contribution is -2.38. The molecule has 1 amide bonds. The monoisotopic (exact) mass is 346 g/mol. The molecular formula is C22H22N2O2. The van der Waals surface area contributed by atoms with E-state index in [1.54, 1.807) is 12.2 Å². The molecular weight excluding hydrogens is 324 g/mol. The SMILES string of the molecule is CC(C1CC1)N(Cc1ccccc1)C(=O)C=Cc1nc2ccccc2o1. The van der Waals surface area contributed by atoms with Gasteiger partial charge < -0.3 is 9.32 Å². The number of oxazole rings is 1. The number of benzene rings is 2. The van der Waals surface area contributed by atoms with Gasteiger partial charge in [-0.25, -0.2) is 4.98 Å². The number of para-hydroxylation sites is 2. The van der Waals surface area contributed by atoms with E-state index in [9.17, 15) is 4.79 Å². The fourth-order valence-electron chi connectivity index (χ4n) is 3.24. The summed E-state index contributed by atoms with van der Waals surface area (Å²) in [5.41, 5.74) is 2.67. The highest BCUT2D eigenvalue weighted by Crippen LogP contribution is 2.35. The Hall–Kier alpha value is -2.88. The zero-order valence-corrected chi connectivity index (χ0v) is 14.8. The average molecular weight is 346 g/mol. The molecule has 26 heavy (non-hydrogen) atoms. The van der Waals surface area contributed by atoms with Crippen LogP contribution in [0.15, 0.2) is 65.1 Å². The van der Waals surface area contributed by atoms with Crippen molar-refractivity contribution < 1.29 is 9.21 Å². The first kappa shape index (κ1) is 16.6. The molecule has 0 aliphatic heterocycles. The van der Waals surface area contributed by atoms with E-state index in [1.807, 2.05) is 47.4 Å². The van der Waals surface area contributed by atoms with E-state index >= 15 is 0 Å². The molecule has 0 N–H and O–H groups in total. The molecule has 1 aromatic heterocycles. The number of hydrogen-bond donors (Lipinski definition) is 0. The summed E-state index contributed by atoms with van der Waals surface area (Å²) in [6.07, 6.45) is 5.65. The Kier molecular flexibility index (Phi) is 4.57. The second-order valence-corrected chi connectivity index (χ2v) is 6.88. The van der Waals surface area contributed by atoms with Gasteiger partial charge in [0, 0.05) is 24.7 Å². The van der Waals surface area contributed by atoms with Crippen LogP contribution in [0, 0.1) is 5.92 Å². The van der Waals surface area contributed by atoms with E-state index in [4.69, 9.17) is 4.42 Å². The van der Waals surface area contributed by atoms with Gasteiger partial charge in [0.25, 0.3) is 0 Å². The minimum Gasteiger partial charge on any atom is -0.437 e. The maximum Gasteiger partial charge on any atom is 0.247 e. The summed E-state index contributed by atoms with van der Waals surface area (Å²) in [7, 11) is 0. The molecule has 0 bridgehead atoms. The smallest absolute Gasteiger partial charge is 0.247 e. The minimum atomic E-state index is -0.00416. The molecule has 0 saturated heterocycles. The van der Waals surface area contributed by atoms with Crippen LogP contribution in [0.3, 0.4) is 0 Å². The fraction of sp³-hybridized carbons (Fsp3) is 0.273. The molecule has 1 aliphatic rings. The summed E-state index contributed by atoms with van der Waals surface area (Å²) in [5, 5.41) is 0. The lowest BCUT2D eigenvalue weighted by Gasteiger charge is -2.28. The molecule has 4 rings (SSSR count). The van der Waals surface area contributed by atoms with E-state index in [0.29, 0.717) is 18.4 Å². The highest BCUT2D eigenvalue weighted by atomic mass is 16.3. The van der Waals surface area contributed by atoms with Gasteiger partial charge in [-0.1, -0.05) is 42.5 Å². The van der Waals surface area contributed by atoms with Crippen molar-refractivity contribution in [1.82, 2.24) is 9.88 Å². The quantitative estimate of drug-likeness (QED) is 0.609. The Morgan fingerprint density at radius 1 is 1.19 bits per heavy atom. The standard InChI is InChI=1S/C22H22N2O2/c1-16(18-11-12-18)24(15-17-7-3-2-4-8-17)22(25)14-13-21-23-19-9-5-6-10-20(19)26-21/h2-10,13-14,16,18H,11-12,15H2,1H3. The zero-order chi connectivity index (χ0) is 17.9. The molecule has 4 heteroatoms. The number of carbonyl (C=O) groups excluding carboxylic acids is 1. The predicted octanol–water partition coefficient (Wildman–Crippen LogP) is 4.67. The Morgan fingerprint density at radius 3 is 2.65 bits per heavy atom. The summed E-state index contributed by atoms with van der Waals surface area (Å²) >= 11 is 0. The van der Waals surface area contributed by atoms with Gasteiger partial charge in [-0.2, -0.15) is 0 Å². The molecule has 132 valence electrons. The van der Waals surface area contributed by atoms with Crippen LogP contribution >= 0.6 is 0 Å². The molecule has 0 spiro atoms. The molecule has 1 saturated carbocycles. The lowest BCUT2D eigenvalue weighted by atomic mass is 10.1. The molecule has 1 fully saturated rings. The first-order valence-corrected chi connectivity index (χ1v) is 9.09. The second-order valence-electron chi connectivity index (χ2n) is 6.88. The second kappa shape index (κ2) is 7.16. The molecule has 1 heterocycles. The van der Waals surface area contributed by atoms with Crippen LogP contribution in [0.25, 0.3) is 17.2 Å². The first-order chi connectivity index (χ1) is 12.7. The largest absolute Gasteiger partial charge is 0.437 e. The van der Waals surface area contributed by atoms with Crippen molar-refractivity contribution in [3.63, 3.8) is 0 Å². The molecule has 1 aliphatic carbocycles. The molecule has 0 radical (unpaired) electrons.